The molecule has 2 fully saturated rings. The first-order valence-electron chi connectivity index (χ1n) is 8.63. The van der Waals surface area contributed by atoms with Crippen molar-refractivity contribution in [2.24, 2.45) is 7.05 Å². The molecule has 2 aliphatic rings. The topological polar surface area (TPSA) is 58.4 Å². The highest BCUT2D eigenvalue weighted by molar-refractivity contribution is 5.85. The van der Waals surface area contributed by atoms with E-state index in [0.29, 0.717) is 13.0 Å². The average Bonchev–Trinajstić information content (AvgIpc) is 3.05. The number of carbonyl (C=O) groups is 2. The fourth-order valence-corrected chi connectivity index (χ4v) is 3.74. The van der Waals surface area contributed by atoms with Crippen molar-refractivity contribution in [3.63, 3.8) is 0 Å². The highest BCUT2D eigenvalue weighted by Gasteiger charge is 2.34. The van der Waals surface area contributed by atoms with Gasteiger partial charge in [-0.2, -0.15) is 0 Å². The summed E-state index contributed by atoms with van der Waals surface area (Å²) in [7, 11) is 1.98. The second-order valence-corrected chi connectivity index (χ2v) is 6.72. The van der Waals surface area contributed by atoms with Crippen molar-refractivity contribution in [1.29, 1.82) is 0 Å². The fourth-order valence-electron chi connectivity index (χ4n) is 3.74. The van der Waals surface area contributed by atoms with Crippen LogP contribution in [0.5, 0.6) is 0 Å². The zero-order valence-corrected chi connectivity index (χ0v) is 14.1. The molecular formula is C17H26N4O2. The lowest BCUT2D eigenvalue weighted by atomic mass is 10.2. The molecule has 0 aliphatic carbocycles. The third-order valence-corrected chi connectivity index (χ3v) is 4.90. The standard InChI is InChI=1S/C17H26N4O2/c1-13-11-19(2)17(18-13)14-7-6-10-21(14)16(23)12-20-9-5-3-4-8-15(20)22/h11,14H,3-10,12H2,1-2H3. The molecule has 23 heavy (non-hydrogen) atoms. The van der Waals surface area contributed by atoms with Crippen LogP contribution < -0.4 is 0 Å². The van der Waals surface area contributed by atoms with Gasteiger partial charge in [-0.25, -0.2) is 4.98 Å². The Bertz CT molecular complexity index is 595. The second-order valence-electron chi connectivity index (χ2n) is 6.72. The Balaban J connectivity index is 1.70. The van der Waals surface area contributed by atoms with Gasteiger partial charge in [0.15, 0.2) is 0 Å². The van der Waals surface area contributed by atoms with Crippen LogP contribution in [0.4, 0.5) is 0 Å². The molecule has 2 saturated heterocycles. The molecule has 0 bridgehead atoms. The molecule has 0 N–H and O–H groups in total. The first-order valence-corrected chi connectivity index (χ1v) is 8.63. The van der Waals surface area contributed by atoms with E-state index in [4.69, 9.17) is 0 Å². The van der Waals surface area contributed by atoms with Crippen molar-refractivity contribution in [2.75, 3.05) is 19.6 Å². The van der Waals surface area contributed by atoms with E-state index in [2.05, 4.69) is 4.98 Å². The van der Waals surface area contributed by atoms with Crippen molar-refractivity contribution in [1.82, 2.24) is 19.4 Å². The number of rotatable bonds is 3. The molecule has 3 rings (SSSR count). The van der Waals surface area contributed by atoms with Crippen LogP contribution in [-0.2, 0) is 16.6 Å². The Morgan fingerprint density at radius 3 is 2.83 bits per heavy atom. The highest BCUT2D eigenvalue weighted by atomic mass is 16.2. The van der Waals surface area contributed by atoms with E-state index in [1.807, 2.05) is 29.6 Å². The van der Waals surface area contributed by atoms with Crippen molar-refractivity contribution in [2.45, 2.75) is 51.5 Å². The molecular weight excluding hydrogens is 292 g/mol. The van der Waals surface area contributed by atoms with E-state index >= 15 is 0 Å². The summed E-state index contributed by atoms with van der Waals surface area (Å²) in [6.45, 7) is 3.67. The molecule has 0 radical (unpaired) electrons. The zero-order chi connectivity index (χ0) is 16.4. The normalized spacial score (nSPS) is 22.5. The number of hydrogen-bond donors (Lipinski definition) is 0. The molecule has 1 aromatic heterocycles. The van der Waals surface area contributed by atoms with Gasteiger partial charge in [0.2, 0.25) is 11.8 Å². The predicted octanol–water partition coefficient (Wildman–Crippen LogP) is 1.79. The lowest BCUT2D eigenvalue weighted by Gasteiger charge is -2.28. The molecule has 1 unspecified atom stereocenters. The summed E-state index contributed by atoms with van der Waals surface area (Å²) in [6, 6.07) is 0.0447. The summed E-state index contributed by atoms with van der Waals surface area (Å²) in [5, 5.41) is 0. The van der Waals surface area contributed by atoms with E-state index in [-0.39, 0.29) is 24.4 Å². The number of aromatic nitrogens is 2. The maximum absolute atomic E-state index is 12.8. The maximum atomic E-state index is 12.8. The Hall–Kier alpha value is -1.85. The number of likely N-dealkylation sites (tertiary alicyclic amines) is 2. The van der Waals surface area contributed by atoms with Gasteiger partial charge in [0.05, 0.1) is 18.3 Å². The van der Waals surface area contributed by atoms with Gasteiger partial charge < -0.3 is 14.4 Å². The Labute approximate surface area is 137 Å². The molecule has 2 amide bonds. The summed E-state index contributed by atoms with van der Waals surface area (Å²) >= 11 is 0. The van der Waals surface area contributed by atoms with Crippen LogP contribution >= 0.6 is 0 Å². The number of hydrogen-bond acceptors (Lipinski definition) is 3. The summed E-state index contributed by atoms with van der Waals surface area (Å²) < 4.78 is 2.02. The van der Waals surface area contributed by atoms with Crippen LogP contribution in [-0.4, -0.2) is 50.8 Å². The third-order valence-electron chi connectivity index (χ3n) is 4.90. The lowest BCUT2D eigenvalue weighted by Crippen LogP contribution is -2.42. The van der Waals surface area contributed by atoms with E-state index in [9.17, 15) is 9.59 Å². The minimum Gasteiger partial charge on any atom is -0.336 e. The number of nitrogens with zero attached hydrogens (tertiary/aromatic N) is 4. The van der Waals surface area contributed by atoms with Crippen LogP contribution in [0.2, 0.25) is 0 Å². The van der Waals surface area contributed by atoms with Gasteiger partial charge in [0.25, 0.3) is 0 Å². The summed E-state index contributed by atoms with van der Waals surface area (Å²) in [5.74, 6) is 1.14. The van der Waals surface area contributed by atoms with Gasteiger partial charge in [0.1, 0.15) is 5.82 Å². The zero-order valence-electron chi connectivity index (χ0n) is 14.1. The first kappa shape index (κ1) is 16.0. The predicted molar refractivity (Wildman–Crippen MR) is 86.7 cm³/mol. The molecule has 6 heteroatoms. The van der Waals surface area contributed by atoms with Gasteiger partial charge in [-0.15, -0.1) is 0 Å². The van der Waals surface area contributed by atoms with Crippen molar-refractivity contribution >= 4 is 11.8 Å². The Morgan fingerprint density at radius 2 is 2.09 bits per heavy atom. The molecule has 0 saturated carbocycles. The van der Waals surface area contributed by atoms with Crippen LogP contribution in [0.15, 0.2) is 6.20 Å². The van der Waals surface area contributed by atoms with E-state index in [1.165, 1.54) is 0 Å². The lowest BCUT2D eigenvalue weighted by molar-refractivity contribution is -0.140. The van der Waals surface area contributed by atoms with Gasteiger partial charge in [0, 0.05) is 32.8 Å². The average molecular weight is 318 g/mol. The highest BCUT2D eigenvalue weighted by Crippen LogP contribution is 2.31. The number of amides is 2. The van der Waals surface area contributed by atoms with Gasteiger partial charge >= 0.3 is 0 Å². The molecule has 2 aliphatic heterocycles. The van der Waals surface area contributed by atoms with Gasteiger partial charge in [-0.1, -0.05) is 6.42 Å². The van der Waals surface area contributed by atoms with Crippen LogP contribution in [0.3, 0.4) is 0 Å². The van der Waals surface area contributed by atoms with Gasteiger partial charge in [-0.05, 0) is 32.6 Å². The minimum absolute atomic E-state index is 0.0447. The number of imidazole rings is 1. The second kappa shape index (κ2) is 6.72. The number of carbonyl (C=O) groups excluding carboxylic acids is 2. The summed E-state index contributed by atoms with van der Waals surface area (Å²) in [6.07, 6.45) is 7.54. The van der Waals surface area contributed by atoms with Crippen molar-refractivity contribution in [3.05, 3.63) is 17.7 Å². The van der Waals surface area contributed by atoms with Crippen LogP contribution in [0, 0.1) is 6.92 Å². The maximum Gasteiger partial charge on any atom is 0.242 e. The third kappa shape index (κ3) is 3.41. The van der Waals surface area contributed by atoms with E-state index < -0.39 is 0 Å². The van der Waals surface area contributed by atoms with Crippen LogP contribution in [0.1, 0.15) is 56.1 Å². The van der Waals surface area contributed by atoms with Crippen LogP contribution in [0.25, 0.3) is 0 Å². The van der Waals surface area contributed by atoms with E-state index in [0.717, 1.165) is 50.2 Å². The molecule has 0 spiro atoms. The summed E-state index contributed by atoms with van der Waals surface area (Å²) in [4.78, 5) is 33.1. The Morgan fingerprint density at radius 1 is 1.26 bits per heavy atom. The monoisotopic (exact) mass is 318 g/mol. The van der Waals surface area contributed by atoms with Gasteiger partial charge in [-0.3, -0.25) is 9.59 Å². The van der Waals surface area contributed by atoms with Crippen molar-refractivity contribution < 1.29 is 9.59 Å². The molecule has 126 valence electrons. The summed E-state index contributed by atoms with van der Waals surface area (Å²) in [5.41, 5.74) is 0.976. The minimum atomic E-state index is 0.0447. The molecule has 1 atom stereocenters. The molecule has 1 aromatic rings. The smallest absolute Gasteiger partial charge is 0.242 e. The SMILES string of the molecule is Cc1cn(C)c(C2CCCN2C(=O)CN2CCCCCC2=O)n1. The molecule has 6 nitrogen and oxygen atoms in total. The Kier molecular flexibility index (Phi) is 4.68. The molecule has 3 heterocycles. The van der Waals surface area contributed by atoms with Crippen molar-refractivity contribution in [3.8, 4) is 0 Å². The molecule has 0 aromatic carbocycles. The first-order chi connectivity index (χ1) is 11.1. The number of aryl methyl sites for hydroxylation is 2. The quantitative estimate of drug-likeness (QED) is 0.854. The fraction of sp³-hybridized carbons (Fsp3) is 0.706. The largest absolute Gasteiger partial charge is 0.336 e. The van der Waals surface area contributed by atoms with E-state index in [1.54, 1.807) is 4.90 Å².